The predicted octanol–water partition coefficient (Wildman–Crippen LogP) is 2.51. The number of alkyl carbamates (subject to hydrolysis) is 1. The summed E-state index contributed by atoms with van der Waals surface area (Å²) in [7, 11) is 0. The van der Waals surface area contributed by atoms with Gasteiger partial charge in [-0.05, 0) is 39.5 Å². The molecule has 1 aliphatic rings. The van der Waals surface area contributed by atoms with Crippen LogP contribution in [0.15, 0.2) is 0 Å². The van der Waals surface area contributed by atoms with Gasteiger partial charge < -0.3 is 10.1 Å². The summed E-state index contributed by atoms with van der Waals surface area (Å²) < 4.78 is 5.17. The largest absolute Gasteiger partial charge is 0.444 e. The molecule has 1 aliphatic carbocycles. The number of carbonyl (C=O) groups is 2. The summed E-state index contributed by atoms with van der Waals surface area (Å²) >= 11 is 0. The minimum atomic E-state index is -0.533. The van der Waals surface area contributed by atoms with Gasteiger partial charge in [-0.2, -0.15) is 0 Å². The van der Waals surface area contributed by atoms with Crippen molar-refractivity contribution in [2.24, 2.45) is 11.8 Å². The Hall–Kier alpha value is -1.06. The molecule has 1 atom stereocenters. The van der Waals surface area contributed by atoms with E-state index >= 15 is 0 Å². The van der Waals surface area contributed by atoms with Crippen molar-refractivity contribution in [3.8, 4) is 0 Å². The molecule has 1 saturated carbocycles. The average Bonchev–Trinajstić information content (AvgIpc) is 2.92. The van der Waals surface area contributed by atoms with E-state index in [2.05, 4.69) is 5.32 Å². The highest BCUT2D eigenvalue weighted by Crippen LogP contribution is 2.32. The summed E-state index contributed by atoms with van der Waals surface area (Å²) in [5.74, 6) is 0.388. The van der Waals surface area contributed by atoms with Gasteiger partial charge in [-0.15, -0.1) is 0 Å². The highest BCUT2D eigenvalue weighted by Gasteiger charge is 2.37. The number of amides is 1. The fourth-order valence-electron chi connectivity index (χ4n) is 1.62. The van der Waals surface area contributed by atoms with Crippen LogP contribution >= 0.6 is 0 Å². The second-order valence-electron chi connectivity index (χ2n) is 6.04. The molecule has 0 aliphatic heterocycles. The summed E-state index contributed by atoms with van der Waals surface area (Å²) in [5, 5.41) is 2.68. The molecule has 0 aromatic carbocycles. The minimum Gasteiger partial charge on any atom is -0.444 e. The van der Waals surface area contributed by atoms with Crippen LogP contribution in [0, 0.1) is 11.8 Å². The third-order valence-corrected chi connectivity index (χ3v) is 2.63. The fraction of sp³-hybridized carbons (Fsp3) is 0.846. The number of ether oxygens (including phenoxy) is 1. The third kappa shape index (κ3) is 4.75. The number of Topliss-reactive ketones (excluding diaryl/α,β-unsaturated/α-hetero) is 1. The van der Waals surface area contributed by atoms with Crippen molar-refractivity contribution in [1.82, 2.24) is 5.32 Å². The Balaban J connectivity index is 2.54. The maximum atomic E-state index is 12.0. The molecule has 0 aromatic rings. The second kappa shape index (κ2) is 5.07. The number of hydrogen-bond donors (Lipinski definition) is 1. The lowest BCUT2D eigenvalue weighted by molar-refractivity contribution is -0.123. The van der Waals surface area contributed by atoms with Gasteiger partial charge in [-0.3, -0.25) is 4.79 Å². The van der Waals surface area contributed by atoms with Crippen molar-refractivity contribution < 1.29 is 14.3 Å². The normalized spacial score (nSPS) is 17.8. The van der Waals surface area contributed by atoms with Gasteiger partial charge in [0.25, 0.3) is 0 Å². The molecule has 0 saturated heterocycles. The number of rotatable bonds is 4. The molecule has 0 bridgehead atoms. The Morgan fingerprint density at radius 3 is 2.12 bits per heavy atom. The van der Waals surface area contributed by atoms with E-state index in [1.54, 1.807) is 20.8 Å². The summed E-state index contributed by atoms with van der Waals surface area (Å²) in [6.45, 7) is 9.28. The zero-order valence-corrected chi connectivity index (χ0v) is 11.4. The van der Waals surface area contributed by atoms with Crippen molar-refractivity contribution in [3.63, 3.8) is 0 Å². The lowest BCUT2D eigenvalue weighted by Gasteiger charge is -2.25. The van der Waals surface area contributed by atoms with Gasteiger partial charge in [-0.1, -0.05) is 13.8 Å². The lowest BCUT2D eigenvalue weighted by atomic mass is 9.97. The second-order valence-corrected chi connectivity index (χ2v) is 6.04. The summed E-state index contributed by atoms with van der Waals surface area (Å²) in [6.07, 6.45) is 1.40. The van der Waals surface area contributed by atoms with E-state index in [1.807, 2.05) is 13.8 Å². The van der Waals surface area contributed by atoms with E-state index in [0.717, 1.165) is 12.8 Å². The van der Waals surface area contributed by atoms with Crippen LogP contribution in [0.1, 0.15) is 47.5 Å². The molecule has 0 spiro atoms. The quantitative estimate of drug-likeness (QED) is 0.822. The van der Waals surface area contributed by atoms with Crippen LogP contribution in [0.5, 0.6) is 0 Å². The molecular weight excluding hydrogens is 218 g/mol. The fourth-order valence-corrected chi connectivity index (χ4v) is 1.62. The molecule has 0 radical (unpaired) electrons. The first-order chi connectivity index (χ1) is 7.70. The smallest absolute Gasteiger partial charge is 0.408 e. The van der Waals surface area contributed by atoms with Crippen LogP contribution in [0.25, 0.3) is 0 Å². The zero-order valence-electron chi connectivity index (χ0n) is 11.4. The van der Waals surface area contributed by atoms with E-state index in [9.17, 15) is 9.59 Å². The monoisotopic (exact) mass is 241 g/mol. The maximum absolute atomic E-state index is 12.0. The molecule has 4 nitrogen and oxygen atoms in total. The van der Waals surface area contributed by atoms with Crippen LogP contribution in [-0.2, 0) is 9.53 Å². The van der Waals surface area contributed by atoms with E-state index in [1.165, 1.54) is 0 Å². The SMILES string of the molecule is CC(C)[C@H](NC(=O)OC(C)(C)C)C(=O)C1CC1. The first-order valence-corrected chi connectivity index (χ1v) is 6.24. The van der Waals surface area contributed by atoms with Crippen molar-refractivity contribution in [2.75, 3.05) is 0 Å². The molecule has 17 heavy (non-hydrogen) atoms. The van der Waals surface area contributed by atoms with Crippen LogP contribution in [0.2, 0.25) is 0 Å². The summed E-state index contributed by atoms with van der Waals surface area (Å²) in [4.78, 5) is 23.6. The Bertz CT molecular complexity index is 300. The predicted molar refractivity (Wildman–Crippen MR) is 65.7 cm³/mol. The highest BCUT2D eigenvalue weighted by molar-refractivity contribution is 5.91. The summed E-state index contributed by atoms with van der Waals surface area (Å²) in [6, 6.07) is -0.419. The van der Waals surface area contributed by atoms with Crippen LogP contribution in [0.4, 0.5) is 4.79 Å². The zero-order chi connectivity index (χ0) is 13.2. The van der Waals surface area contributed by atoms with Gasteiger partial charge >= 0.3 is 6.09 Å². The van der Waals surface area contributed by atoms with Gasteiger partial charge in [0.1, 0.15) is 5.60 Å². The molecule has 1 amide bonds. The van der Waals surface area contributed by atoms with E-state index in [0.29, 0.717) is 0 Å². The van der Waals surface area contributed by atoms with E-state index < -0.39 is 17.7 Å². The molecule has 1 rings (SSSR count). The Morgan fingerprint density at radius 1 is 1.24 bits per heavy atom. The van der Waals surface area contributed by atoms with Gasteiger partial charge in [0.15, 0.2) is 5.78 Å². The van der Waals surface area contributed by atoms with Crippen LogP contribution < -0.4 is 5.32 Å². The number of carbonyl (C=O) groups excluding carboxylic acids is 2. The molecule has 4 heteroatoms. The maximum Gasteiger partial charge on any atom is 0.408 e. The van der Waals surface area contributed by atoms with E-state index in [-0.39, 0.29) is 17.6 Å². The molecule has 98 valence electrons. The highest BCUT2D eigenvalue weighted by atomic mass is 16.6. The third-order valence-electron chi connectivity index (χ3n) is 2.63. The van der Waals surface area contributed by atoms with Crippen molar-refractivity contribution in [2.45, 2.75) is 59.1 Å². The van der Waals surface area contributed by atoms with Gasteiger partial charge in [0.05, 0.1) is 6.04 Å². The molecular formula is C13H23NO3. The van der Waals surface area contributed by atoms with Gasteiger partial charge in [-0.25, -0.2) is 4.79 Å². The molecule has 0 aromatic heterocycles. The average molecular weight is 241 g/mol. The Kier molecular flexibility index (Phi) is 4.17. The molecule has 0 heterocycles. The van der Waals surface area contributed by atoms with Gasteiger partial charge in [0.2, 0.25) is 0 Å². The van der Waals surface area contributed by atoms with E-state index in [4.69, 9.17) is 4.74 Å². The van der Waals surface area contributed by atoms with Crippen LogP contribution in [-0.4, -0.2) is 23.5 Å². The van der Waals surface area contributed by atoms with Crippen LogP contribution in [0.3, 0.4) is 0 Å². The Morgan fingerprint density at radius 2 is 1.76 bits per heavy atom. The van der Waals surface area contributed by atoms with Gasteiger partial charge in [0, 0.05) is 5.92 Å². The number of ketones is 1. The molecule has 1 fully saturated rings. The standard InChI is InChI=1S/C13H23NO3/c1-8(2)10(11(15)9-6-7-9)14-12(16)17-13(3,4)5/h8-10H,6-7H2,1-5H3,(H,14,16)/t10-/m0/s1. The first-order valence-electron chi connectivity index (χ1n) is 6.24. The Labute approximate surface area is 103 Å². The number of nitrogens with one attached hydrogen (secondary N) is 1. The topological polar surface area (TPSA) is 55.4 Å². The number of hydrogen-bond acceptors (Lipinski definition) is 3. The summed E-state index contributed by atoms with van der Waals surface area (Å²) in [5.41, 5.74) is -0.533. The van der Waals surface area contributed by atoms with Crippen molar-refractivity contribution >= 4 is 11.9 Å². The molecule has 0 unspecified atom stereocenters. The molecule has 1 N–H and O–H groups in total. The van der Waals surface area contributed by atoms with Crippen molar-refractivity contribution in [1.29, 1.82) is 0 Å². The van der Waals surface area contributed by atoms with Crippen molar-refractivity contribution in [3.05, 3.63) is 0 Å². The first kappa shape index (κ1) is 14.0. The lowest BCUT2D eigenvalue weighted by Crippen LogP contribution is -2.47. The minimum absolute atomic E-state index is 0.0932.